The number of Topliss-reactive ketones (excluding diaryl/α,β-unsaturated/α-hetero) is 2. The number of carbonyl (C=O) groups is 4. The van der Waals surface area contributed by atoms with Gasteiger partial charge in [-0.05, 0) is 77.9 Å². The van der Waals surface area contributed by atoms with Crippen molar-refractivity contribution in [2.45, 2.75) is 52.7 Å². The Bertz CT molecular complexity index is 1420. The van der Waals surface area contributed by atoms with Crippen LogP contribution in [0.1, 0.15) is 73.4 Å². The van der Waals surface area contributed by atoms with Crippen molar-refractivity contribution >= 4 is 35.1 Å². The molecule has 2 heterocycles. The highest BCUT2D eigenvalue weighted by atomic mass is 16.6. The summed E-state index contributed by atoms with van der Waals surface area (Å²) in [7, 11) is 0. The maximum absolute atomic E-state index is 13.9. The Labute approximate surface area is 221 Å². The van der Waals surface area contributed by atoms with Gasteiger partial charge in [-0.2, -0.15) is 0 Å². The highest BCUT2D eigenvalue weighted by Gasteiger charge is 2.48. The average molecular weight is 511 g/mol. The van der Waals surface area contributed by atoms with Gasteiger partial charge in [0.1, 0.15) is 22.6 Å². The summed E-state index contributed by atoms with van der Waals surface area (Å²) in [5, 5.41) is 0. The second-order valence-corrected chi connectivity index (χ2v) is 10.7. The van der Waals surface area contributed by atoms with E-state index >= 15 is 0 Å². The van der Waals surface area contributed by atoms with Gasteiger partial charge in [0.25, 0.3) is 0 Å². The largest absolute Gasteiger partial charge is 0.443 e. The molecule has 38 heavy (non-hydrogen) atoms. The van der Waals surface area contributed by atoms with E-state index in [4.69, 9.17) is 22.3 Å². The van der Waals surface area contributed by atoms with Crippen LogP contribution in [0.2, 0.25) is 0 Å². The van der Waals surface area contributed by atoms with Crippen LogP contribution < -0.4 is 9.80 Å². The van der Waals surface area contributed by atoms with Crippen molar-refractivity contribution < 1.29 is 28.7 Å². The number of fused-ring (bicyclic) bond motifs is 2. The molecule has 2 aliphatic rings. The molecule has 4 rings (SSSR count). The summed E-state index contributed by atoms with van der Waals surface area (Å²) in [6.45, 7) is 10.0. The number of amides is 2. The van der Waals surface area contributed by atoms with Crippen molar-refractivity contribution in [1.82, 2.24) is 0 Å². The molecule has 0 saturated heterocycles. The molecule has 2 aliphatic heterocycles. The molecule has 8 nitrogen and oxygen atoms in total. The molecule has 0 aliphatic carbocycles. The molecule has 2 aromatic rings. The van der Waals surface area contributed by atoms with Gasteiger partial charge in [0.15, 0.2) is 0 Å². The highest BCUT2D eigenvalue weighted by Crippen LogP contribution is 2.44. The van der Waals surface area contributed by atoms with Crippen LogP contribution in [0, 0.1) is 24.7 Å². The van der Waals surface area contributed by atoms with Crippen molar-refractivity contribution in [2.24, 2.45) is 0 Å². The number of hydrogen-bond acceptors (Lipinski definition) is 6. The first-order chi connectivity index (χ1) is 17.7. The predicted molar refractivity (Wildman–Crippen MR) is 142 cm³/mol. The second-order valence-electron chi connectivity index (χ2n) is 10.7. The fraction of sp³-hybridized carbons (Fsp3) is 0.267. The zero-order valence-electron chi connectivity index (χ0n) is 22.0. The summed E-state index contributed by atoms with van der Waals surface area (Å²) in [4.78, 5) is 56.7. The number of carbonyl (C=O) groups excluding carboxylic acids is 4. The van der Waals surface area contributed by atoms with E-state index in [9.17, 15) is 19.2 Å². The van der Waals surface area contributed by atoms with Gasteiger partial charge in [-0.15, -0.1) is 12.8 Å². The molecule has 8 heteroatoms. The summed E-state index contributed by atoms with van der Waals surface area (Å²) in [5.74, 6) is 3.57. The zero-order chi connectivity index (χ0) is 28.2. The van der Waals surface area contributed by atoms with Gasteiger partial charge >= 0.3 is 12.2 Å². The first kappa shape index (κ1) is 26.2. The topological polar surface area (TPSA) is 93.2 Å². The summed E-state index contributed by atoms with van der Waals surface area (Å²) in [5.41, 5.74) is -1.23. The SMILES string of the molecule is C#Cc1ccc2c(c1)C(=O)/C(=C1/C(=O)c3cc(C#C)ccc3N1C(=O)OC(C)(C)C)N2C(=O)OC(C)(C)C. The van der Waals surface area contributed by atoms with Crippen LogP contribution in [0.25, 0.3) is 0 Å². The average Bonchev–Trinajstić information content (AvgIpc) is 3.26. The number of ketones is 2. The van der Waals surface area contributed by atoms with E-state index in [1.54, 1.807) is 53.7 Å². The van der Waals surface area contributed by atoms with Crippen molar-refractivity contribution in [1.29, 1.82) is 0 Å². The molecule has 192 valence electrons. The number of nitrogens with zero attached hydrogens (tertiary/aromatic N) is 2. The number of allylic oxidation sites excluding steroid dienone is 2. The number of terminal acetylenes is 2. The molecule has 0 fully saturated rings. The quantitative estimate of drug-likeness (QED) is 0.346. The van der Waals surface area contributed by atoms with E-state index in [0.29, 0.717) is 11.1 Å². The summed E-state index contributed by atoms with van der Waals surface area (Å²) in [6, 6.07) is 9.02. The minimum absolute atomic E-state index is 0.0889. The van der Waals surface area contributed by atoms with Gasteiger partial charge in [0.05, 0.1) is 11.4 Å². The zero-order valence-corrected chi connectivity index (χ0v) is 22.0. The van der Waals surface area contributed by atoms with Crippen LogP contribution in [0.5, 0.6) is 0 Å². The van der Waals surface area contributed by atoms with Gasteiger partial charge in [-0.3, -0.25) is 9.59 Å². The van der Waals surface area contributed by atoms with Gasteiger partial charge in [-0.25, -0.2) is 19.4 Å². The smallest absolute Gasteiger partial charge is 0.419 e. The number of anilines is 2. The molecule has 0 bridgehead atoms. The molecule has 0 saturated carbocycles. The molecular formula is C30H26N2O6. The van der Waals surface area contributed by atoms with Crippen LogP contribution in [-0.4, -0.2) is 35.0 Å². The van der Waals surface area contributed by atoms with E-state index in [2.05, 4.69) is 11.8 Å². The molecule has 0 atom stereocenters. The van der Waals surface area contributed by atoms with Crippen LogP contribution in [0.3, 0.4) is 0 Å². The molecule has 0 radical (unpaired) electrons. The Morgan fingerprint density at radius 2 is 1.03 bits per heavy atom. The molecule has 0 aromatic heterocycles. The van der Waals surface area contributed by atoms with E-state index in [1.165, 1.54) is 24.3 Å². The number of benzene rings is 2. The third-order valence-corrected chi connectivity index (χ3v) is 5.55. The number of hydrogen-bond donors (Lipinski definition) is 0. The van der Waals surface area contributed by atoms with E-state index in [0.717, 1.165) is 9.80 Å². The van der Waals surface area contributed by atoms with Crippen molar-refractivity contribution in [3.8, 4) is 24.7 Å². The Morgan fingerprint density at radius 1 is 0.684 bits per heavy atom. The minimum atomic E-state index is -0.924. The lowest BCUT2D eigenvalue weighted by molar-refractivity contribution is 0.0571. The number of ether oxygens (including phenoxy) is 2. The second kappa shape index (κ2) is 8.93. The molecule has 2 amide bonds. The third-order valence-electron chi connectivity index (χ3n) is 5.55. The van der Waals surface area contributed by atoms with Gasteiger partial charge in [-0.1, -0.05) is 11.8 Å². The number of rotatable bonds is 0. The first-order valence-corrected chi connectivity index (χ1v) is 11.8. The lowest BCUT2D eigenvalue weighted by Crippen LogP contribution is -2.40. The molecular weight excluding hydrogens is 484 g/mol. The summed E-state index contributed by atoms with van der Waals surface area (Å²) < 4.78 is 11.2. The Kier molecular flexibility index (Phi) is 6.17. The van der Waals surface area contributed by atoms with Crippen molar-refractivity contribution in [2.75, 3.05) is 9.80 Å². The fourth-order valence-electron chi connectivity index (χ4n) is 4.13. The van der Waals surface area contributed by atoms with Crippen LogP contribution in [-0.2, 0) is 9.47 Å². The van der Waals surface area contributed by atoms with Crippen molar-refractivity contribution in [3.05, 3.63) is 70.0 Å². The summed E-state index contributed by atoms with van der Waals surface area (Å²) in [6.07, 6.45) is 9.26. The maximum Gasteiger partial charge on any atom is 0.419 e. The standard InChI is InChI=1S/C30H26N2O6/c1-9-17-11-13-21-19(15-17)25(33)23(31(21)27(35)37-29(3,4)5)24-26(34)20-16-18(10-2)12-14-22(20)32(24)28(36)38-30(6,7)8/h1-2,11-16H,3-8H3/b24-23+. The molecule has 0 N–H and O–H groups in total. The van der Waals surface area contributed by atoms with E-state index < -0.39 is 35.0 Å². The lowest BCUT2D eigenvalue weighted by atomic mass is 10.0. The van der Waals surface area contributed by atoms with E-state index in [-0.39, 0.29) is 33.9 Å². The van der Waals surface area contributed by atoms with Crippen LogP contribution in [0.4, 0.5) is 21.0 Å². The first-order valence-electron chi connectivity index (χ1n) is 11.8. The maximum atomic E-state index is 13.9. The Balaban J connectivity index is 2.03. The minimum Gasteiger partial charge on any atom is -0.443 e. The summed E-state index contributed by atoms with van der Waals surface area (Å²) >= 11 is 0. The molecule has 2 aromatic carbocycles. The van der Waals surface area contributed by atoms with Crippen molar-refractivity contribution in [3.63, 3.8) is 0 Å². The Hall–Kier alpha value is -4.82. The molecule has 0 spiro atoms. The van der Waals surface area contributed by atoms with Crippen LogP contribution in [0.15, 0.2) is 47.8 Å². The lowest BCUT2D eigenvalue weighted by Gasteiger charge is -2.28. The predicted octanol–water partition coefficient (Wildman–Crippen LogP) is 5.44. The van der Waals surface area contributed by atoms with E-state index in [1.807, 2.05) is 0 Å². The fourth-order valence-corrected chi connectivity index (χ4v) is 4.13. The monoisotopic (exact) mass is 510 g/mol. The Morgan fingerprint density at radius 3 is 1.32 bits per heavy atom. The molecule has 0 unspecified atom stereocenters. The normalized spacial score (nSPS) is 16.5. The highest BCUT2D eigenvalue weighted by molar-refractivity contribution is 6.33. The van der Waals surface area contributed by atoms with Crippen LogP contribution >= 0.6 is 0 Å². The van der Waals surface area contributed by atoms with Gasteiger partial charge < -0.3 is 9.47 Å². The third kappa shape index (κ3) is 4.53. The van der Waals surface area contributed by atoms with Gasteiger partial charge in [0.2, 0.25) is 11.6 Å². The van der Waals surface area contributed by atoms with Gasteiger partial charge in [0, 0.05) is 22.3 Å².